The molecule has 4 saturated carbocycles. The van der Waals surface area contributed by atoms with Crippen LogP contribution in [0.1, 0.15) is 85.5 Å². The largest absolute Gasteiger partial charge is 0.469 e. The van der Waals surface area contributed by atoms with E-state index in [2.05, 4.69) is 20.8 Å². The predicted molar refractivity (Wildman–Crippen MR) is 124 cm³/mol. The number of methoxy groups -OCH3 is 1. The lowest BCUT2D eigenvalue weighted by molar-refractivity contribution is -0.225. The Morgan fingerprint density at radius 3 is 2.30 bits per heavy atom. The predicted octanol–water partition coefficient (Wildman–Crippen LogP) is 4.11. The molecule has 5 unspecified atom stereocenters. The second-order valence-electron chi connectivity index (χ2n) is 12.2. The molecule has 6 nitrogen and oxygen atoms in total. The van der Waals surface area contributed by atoms with Crippen LogP contribution in [0.15, 0.2) is 0 Å². The topological polar surface area (TPSA) is 93.1 Å². The third-order valence-corrected chi connectivity index (χ3v) is 10.8. The summed E-state index contributed by atoms with van der Waals surface area (Å²) >= 11 is 0. The van der Waals surface area contributed by atoms with Gasteiger partial charge in [-0.3, -0.25) is 9.59 Å². The van der Waals surface area contributed by atoms with Crippen molar-refractivity contribution in [3.63, 3.8) is 0 Å². The van der Waals surface area contributed by atoms with Gasteiger partial charge in [0.1, 0.15) is 6.10 Å². The maximum atomic E-state index is 11.7. The third kappa shape index (κ3) is 4.13. The lowest BCUT2D eigenvalue weighted by atomic mass is 9.43. The number of ether oxygens (including phenoxy) is 2. The molecule has 0 aromatic rings. The summed E-state index contributed by atoms with van der Waals surface area (Å²) in [5.74, 6) is 1.43. The average molecular weight is 465 g/mol. The van der Waals surface area contributed by atoms with Crippen LogP contribution < -0.4 is 0 Å². The normalized spacial score (nSPS) is 47.6. The van der Waals surface area contributed by atoms with Gasteiger partial charge in [0, 0.05) is 13.3 Å². The molecule has 4 aliphatic carbocycles. The van der Waals surface area contributed by atoms with Crippen LogP contribution in [0.25, 0.3) is 0 Å². The molecule has 11 atom stereocenters. The molecule has 0 bridgehead atoms. The summed E-state index contributed by atoms with van der Waals surface area (Å²) in [5, 5.41) is 22.8. The molecule has 0 aromatic carbocycles. The number of hydrogen-bond donors (Lipinski definition) is 2. The summed E-state index contributed by atoms with van der Waals surface area (Å²) in [6.07, 6.45) is 6.52. The Kier molecular flexibility index (Phi) is 6.92. The zero-order valence-electron chi connectivity index (χ0n) is 21.1. The molecular formula is C27H44O6. The van der Waals surface area contributed by atoms with Crippen LogP contribution in [0.5, 0.6) is 0 Å². The van der Waals surface area contributed by atoms with Crippen molar-refractivity contribution >= 4 is 11.9 Å². The Balaban J connectivity index is 1.54. The molecule has 4 rings (SSSR count). The minimum absolute atomic E-state index is 0.0319. The number of aliphatic hydroxyl groups is 2. The van der Waals surface area contributed by atoms with Gasteiger partial charge in [0.15, 0.2) is 0 Å². The van der Waals surface area contributed by atoms with Gasteiger partial charge in [-0.25, -0.2) is 0 Å². The number of carbonyl (C=O) groups is 2. The first kappa shape index (κ1) is 25.0. The van der Waals surface area contributed by atoms with Gasteiger partial charge in [0.25, 0.3) is 0 Å². The molecule has 188 valence electrons. The third-order valence-electron chi connectivity index (χ3n) is 10.8. The number of esters is 2. The van der Waals surface area contributed by atoms with Crippen LogP contribution in [0.2, 0.25) is 0 Å². The van der Waals surface area contributed by atoms with Crippen molar-refractivity contribution in [3.05, 3.63) is 0 Å². The van der Waals surface area contributed by atoms with E-state index in [9.17, 15) is 19.8 Å². The minimum atomic E-state index is -0.771. The fraction of sp³-hybridized carbons (Fsp3) is 0.926. The van der Waals surface area contributed by atoms with Crippen molar-refractivity contribution in [2.75, 3.05) is 7.11 Å². The molecule has 0 radical (unpaired) electrons. The lowest BCUT2D eigenvalue weighted by Crippen LogP contribution is -2.64. The number of fused-ring (bicyclic) bond motifs is 5. The summed E-state index contributed by atoms with van der Waals surface area (Å²) in [7, 11) is 1.45. The minimum Gasteiger partial charge on any atom is -0.469 e. The molecule has 0 spiro atoms. The zero-order chi connectivity index (χ0) is 24.1. The highest BCUT2D eigenvalue weighted by atomic mass is 16.5. The summed E-state index contributed by atoms with van der Waals surface area (Å²) in [6.45, 7) is 8.45. The molecule has 0 amide bonds. The lowest BCUT2D eigenvalue weighted by Gasteiger charge is -2.63. The SMILES string of the molecule is COC(=O)CC[C@@H](C)C1CCC2C3C(CC[C@@]21C)[C@@]1(C)CC[C@@H](OC(C)=O)CC1[C@@H](O)[C@H]3O. The van der Waals surface area contributed by atoms with E-state index < -0.39 is 12.2 Å². The van der Waals surface area contributed by atoms with E-state index in [1.807, 2.05) is 0 Å². The molecule has 4 fully saturated rings. The highest BCUT2D eigenvalue weighted by Crippen LogP contribution is 2.68. The van der Waals surface area contributed by atoms with Crippen molar-refractivity contribution in [1.29, 1.82) is 0 Å². The van der Waals surface area contributed by atoms with E-state index in [1.165, 1.54) is 14.0 Å². The van der Waals surface area contributed by atoms with Gasteiger partial charge < -0.3 is 19.7 Å². The van der Waals surface area contributed by atoms with Gasteiger partial charge in [0.05, 0.1) is 19.3 Å². The average Bonchev–Trinajstić information content (AvgIpc) is 3.13. The van der Waals surface area contributed by atoms with E-state index in [1.54, 1.807) is 0 Å². The van der Waals surface area contributed by atoms with E-state index in [0.29, 0.717) is 36.5 Å². The monoisotopic (exact) mass is 464 g/mol. The van der Waals surface area contributed by atoms with Gasteiger partial charge in [-0.1, -0.05) is 20.8 Å². The fourth-order valence-electron chi connectivity index (χ4n) is 9.19. The Morgan fingerprint density at radius 2 is 1.64 bits per heavy atom. The smallest absolute Gasteiger partial charge is 0.305 e. The van der Waals surface area contributed by atoms with Crippen LogP contribution in [0.3, 0.4) is 0 Å². The number of rotatable bonds is 5. The van der Waals surface area contributed by atoms with E-state index in [4.69, 9.17) is 9.47 Å². The van der Waals surface area contributed by atoms with Crippen LogP contribution in [0.4, 0.5) is 0 Å². The summed E-state index contributed by atoms with van der Waals surface area (Å²) < 4.78 is 10.4. The van der Waals surface area contributed by atoms with Crippen molar-refractivity contribution < 1.29 is 29.3 Å². The maximum absolute atomic E-state index is 11.7. The first-order valence-electron chi connectivity index (χ1n) is 13.1. The molecule has 0 aliphatic heterocycles. The molecule has 33 heavy (non-hydrogen) atoms. The Morgan fingerprint density at radius 1 is 0.970 bits per heavy atom. The zero-order valence-corrected chi connectivity index (χ0v) is 21.1. The molecule has 6 heteroatoms. The summed E-state index contributed by atoms with van der Waals surface area (Å²) in [5.41, 5.74) is 0.103. The Bertz CT molecular complexity index is 753. The first-order chi connectivity index (χ1) is 15.5. The molecule has 0 aromatic heterocycles. The van der Waals surface area contributed by atoms with E-state index in [-0.39, 0.29) is 40.7 Å². The first-order valence-corrected chi connectivity index (χ1v) is 13.1. The highest BCUT2D eigenvalue weighted by Gasteiger charge is 2.65. The second kappa shape index (κ2) is 9.14. The standard InChI is InChI=1S/C27H44O6/c1-15(6-9-22(29)32-5)18-7-8-19-23-20(11-13-26(18,19)3)27(4)12-10-17(33-16(2)28)14-21(27)24(30)25(23)31/h15,17-21,23-25,30-31H,6-14H2,1-5H3/t15-,17-,18?,19?,20?,21?,23?,24-,25+,26-,27-/m1/s1. The highest BCUT2D eigenvalue weighted by molar-refractivity contribution is 5.69. The van der Waals surface area contributed by atoms with Gasteiger partial charge in [-0.05, 0) is 97.7 Å². The van der Waals surface area contributed by atoms with Crippen LogP contribution in [0, 0.1) is 46.3 Å². The van der Waals surface area contributed by atoms with Gasteiger partial charge in [-0.15, -0.1) is 0 Å². The van der Waals surface area contributed by atoms with Crippen LogP contribution in [-0.2, 0) is 19.1 Å². The van der Waals surface area contributed by atoms with E-state index >= 15 is 0 Å². The van der Waals surface area contributed by atoms with Crippen molar-refractivity contribution in [2.24, 2.45) is 46.3 Å². The van der Waals surface area contributed by atoms with Crippen molar-refractivity contribution in [2.45, 2.75) is 104 Å². The van der Waals surface area contributed by atoms with Gasteiger partial charge >= 0.3 is 11.9 Å². The molecule has 0 saturated heterocycles. The van der Waals surface area contributed by atoms with E-state index in [0.717, 1.165) is 44.9 Å². The number of hydrogen-bond acceptors (Lipinski definition) is 6. The molecular weight excluding hydrogens is 420 g/mol. The quantitative estimate of drug-likeness (QED) is 0.595. The Hall–Kier alpha value is -1.14. The van der Waals surface area contributed by atoms with Crippen LogP contribution >= 0.6 is 0 Å². The fourth-order valence-corrected chi connectivity index (χ4v) is 9.19. The molecule has 0 heterocycles. The van der Waals surface area contributed by atoms with Crippen LogP contribution in [-0.4, -0.2) is 47.6 Å². The Labute approximate surface area is 198 Å². The summed E-state index contributed by atoms with van der Waals surface area (Å²) in [4.78, 5) is 23.2. The van der Waals surface area contributed by atoms with Gasteiger partial charge in [-0.2, -0.15) is 0 Å². The number of aliphatic hydroxyl groups excluding tert-OH is 2. The summed E-state index contributed by atoms with van der Waals surface area (Å²) in [6, 6.07) is 0. The van der Waals surface area contributed by atoms with Crippen molar-refractivity contribution in [1.82, 2.24) is 0 Å². The molecule has 2 N–H and O–H groups in total. The second-order valence-corrected chi connectivity index (χ2v) is 12.2. The molecule has 4 aliphatic rings. The van der Waals surface area contributed by atoms with Crippen molar-refractivity contribution in [3.8, 4) is 0 Å². The number of carbonyl (C=O) groups excluding carboxylic acids is 2. The maximum Gasteiger partial charge on any atom is 0.305 e. The van der Waals surface area contributed by atoms with Gasteiger partial charge in [0.2, 0.25) is 0 Å².